The number of nitrogens with one attached hydrogen (secondary N) is 1. The molecule has 0 spiro atoms. The van der Waals surface area contributed by atoms with Gasteiger partial charge in [0.2, 0.25) is 5.95 Å². The van der Waals surface area contributed by atoms with Gasteiger partial charge in [-0.3, -0.25) is 4.79 Å². The van der Waals surface area contributed by atoms with E-state index in [1.54, 1.807) is 0 Å². The van der Waals surface area contributed by atoms with E-state index in [2.05, 4.69) is 26.2 Å². The maximum Gasteiger partial charge on any atom is 0.270 e. The molecule has 2 rings (SSSR count). The summed E-state index contributed by atoms with van der Waals surface area (Å²) in [5.74, 6) is -1.07. The van der Waals surface area contributed by atoms with E-state index in [0.29, 0.717) is 0 Å². The van der Waals surface area contributed by atoms with Crippen molar-refractivity contribution >= 4 is 21.8 Å². The Kier molecular flexibility index (Phi) is 4.18. The average molecular weight is 337 g/mol. The first-order valence-corrected chi connectivity index (χ1v) is 6.89. The number of carbonyl (C=O) groups is 1. The number of halogens is 2. The van der Waals surface area contributed by atoms with Crippen LogP contribution >= 0.6 is 15.9 Å². The van der Waals surface area contributed by atoms with Crippen molar-refractivity contribution in [3.8, 4) is 0 Å². The molecule has 0 atom stereocenters. The predicted octanol–water partition coefficient (Wildman–Crippen LogP) is 3.65. The Hall–Kier alpha value is -1.75. The van der Waals surface area contributed by atoms with E-state index in [1.165, 1.54) is 18.2 Å². The van der Waals surface area contributed by atoms with Crippen LogP contribution in [0.5, 0.6) is 0 Å². The number of rotatable bonds is 3. The van der Waals surface area contributed by atoms with Gasteiger partial charge in [0.25, 0.3) is 5.91 Å². The van der Waals surface area contributed by atoms with Crippen molar-refractivity contribution in [2.45, 2.75) is 19.4 Å². The first kappa shape index (κ1) is 14.7. The largest absolute Gasteiger partial charge is 0.342 e. The number of nitrogens with zero attached hydrogens (tertiary/aromatic N) is 1. The van der Waals surface area contributed by atoms with Crippen LogP contribution in [0, 0.1) is 5.95 Å². The number of hydrogen-bond acceptors (Lipinski definition) is 2. The monoisotopic (exact) mass is 336 g/mol. The van der Waals surface area contributed by atoms with Crippen LogP contribution < -0.4 is 5.32 Å². The minimum atomic E-state index is -0.668. The van der Waals surface area contributed by atoms with E-state index in [1.807, 2.05) is 38.1 Å². The Morgan fingerprint density at radius 2 is 1.85 bits per heavy atom. The van der Waals surface area contributed by atoms with Crippen LogP contribution in [0.1, 0.15) is 29.9 Å². The molecule has 1 N–H and O–H groups in total. The predicted molar refractivity (Wildman–Crippen MR) is 78.8 cm³/mol. The zero-order valence-electron chi connectivity index (χ0n) is 11.2. The van der Waals surface area contributed by atoms with E-state index in [0.717, 1.165) is 10.0 Å². The molecule has 0 radical (unpaired) electrons. The molecule has 1 heterocycles. The van der Waals surface area contributed by atoms with Gasteiger partial charge in [-0.1, -0.05) is 34.1 Å². The molecule has 3 nitrogen and oxygen atoms in total. The molecule has 0 saturated carbocycles. The molecule has 0 aliphatic carbocycles. The van der Waals surface area contributed by atoms with E-state index in [-0.39, 0.29) is 5.69 Å². The summed E-state index contributed by atoms with van der Waals surface area (Å²) >= 11 is 3.37. The van der Waals surface area contributed by atoms with Gasteiger partial charge < -0.3 is 5.32 Å². The van der Waals surface area contributed by atoms with Crippen molar-refractivity contribution in [3.63, 3.8) is 0 Å². The summed E-state index contributed by atoms with van der Waals surface area (Å²) in [6.07, 6.45) is 0. The Morgan fingerprint density at radius 1 is 1.20 bits per heavy atom. The van der Waals surface area contributed by atoms with Gasteiger partial charge in [-0.25, -0.2) is 4.98 Å². The quantitative estimate of drug-likeness (QED) is 0.869. The van der Waals surface area contributed by atoms with Crippen LogP contribution in [0.25, 0.3) is 0 Å². The molecule has 0 aliphatic heterocycles. The average Bonchev–Trinajstić information content (AvgIpc) is 2.38. The molecule has 5 heteroatoms. The normalized spacial score (nSPS) is 11.2. The van der Waals surface area contributed by atoms with E-state index < -0.39 is 17.4 Å². The van der Waals surface area contributed by atoms with Gasteiger partial charge in [0.1, 0.15) is 5.69 Å². The third-order valence-electron chi connectivity index (χ3n) is 2.94. The van der Waals surface area contributed by atoms with Gasteiger partial charge in [-0.2, -0.15) is 4.39 Å². The SMILES string of the molecule is CC(C)(NC(=O)c1cccc(F)n1)c1ccc(Br)cc1. The minimum absolute atomic E-state index is 0.0650. The lowest BCUT2D eigenvalue weighted by molar-refractivity contribution is 0.0905. The Morgan fingerprint density at radius 3 is 2.45 bits per heavy atom. The molecule has 0 bridgehead atoms. The molecule has 0 saturated heterocycles. The lowest BCUT2D eigenvalue weighted by Gasteiger charge is -2.26. The fraction of sp³-hybridized carbons (Fsp3) is 0.200. The van der Waals surface area contributed by atoms with Crippen molar-refractivity contribution in [3.05, 3.63) is 64.1 Å². The molecule has 20 heavy (non-hydrogen) atoms. The first-order valence-electron chi connectivity index (χ1n) is 6.09. The maximum atomic E-state index is 13.0. The zero-order chi connectivity index (χ0) is 14.8. The maximum absolute atomic E-state index is 13.0. The standard InChI is InChI=1S/C15H14BrFN2O/c1-15(2,10-6-8-11(16)9-7-10)19-14(20)12-4-3-5-13(17)18-12/h3-9H,1-2H3,(H,19,20). The van der Waals surface area contributed by atoms with Crippen LogP contribution in [0.2, 0.25) is 0 Å². The van der Waals surface area contributed by atoms with Crippen molar-refractivity contribution in [2.24, 2.45) is 0 Å². The smallest absolute Gasteiger partial charge is 0.270 e. The number of amides is 1. The van der Waals surface area contributed by atoms with E-state index in [4.69, 9.17) is 0 Å². The third kappa shape index (κ3) is 3.42. The highest BCUT2D eigenvalue weighted by Crippen LogP contribution is 2.22. The number of benzene rings is 1. The van der Waals surface area contributed by atoms with Crippen molar-refractivity contribution in [1.82, 2.24) is 10.3 Å². The van der Waals surface area contributed by atoms with Crippen LogP contribution in [0.15, 0.2) is 46.9 Å². The van der Waals surface area contributed by atoms with Gasteiger partial charge in [0.15, 0.2) is 0 Å². The molecular weight excluding hydrogens is 323 g/mol. The zero-order valence-corrected chi connectivity index (χ0v) is 12.7. The van der Waals surface area contributed by atoms with Crippen molar-refractivity contribution < 1.29 is 9.18 Å². The van der Waals surface area contributed by atoms with E-state index >= 15 is 0 Å². The number of carbonyl (C=O) groups excluding carboxylic acids is 1. The summed E-state index contributed by atoms with van der Waals surface area (Å²) in [5.41, 5.74) is 0.437. The van der Waals surface area contributed by atoms with Gasteiger partial charge in [0.05, 0.1) is 5.54 Å². The second-order valence-electron chi connectivity index (χ2n) is 4.93. The lowest BCUT2D eigenvalue weighted by atomic mass is 9.94. The highest BCUT2D eigenvalue weighted by Gasteiger charge is 2.24. The highest BCUT2D eigenvalue weighted by molar-refractivity contribution is 9.10. The van der Waals surface area contributed by atoms with Gasteiger partial charge >= 0.3 is 0 Å². The summed E-state index contributed by atoms with van der Waals surface area (Å²) in [4.78, 5) is 15.7. The fourth-order valence-corrected chi connectivity index (χ4v) is 2.09. The van der Waals surface area contributed by atoms with E-state index in [9.17, 15) is 9.18 Å². The second-order valence-corrected chi connectivity index (χ2v) is 5.85. The Bertz CT molecular complexity index is 626. The van der Waals surface area contributed by atoms with Crippen molar-refractivity contribution in [1.29, 1.82) is 0 Å². The van der Waals surface area contributed by atoms with Gasteiger partial charge in [-0.05, 0) is 43.7 Å². The molecule has 1 aromatic carbocycles. The molecule has 2 aromatic rings. The molecule has 0 aliphatic rings. The summed E-state index contributed by atoms with van der Waals surface area (Å²) in [7, 11) is 0. The van der Waals surface area contributed by atoms with Crippen LogP contribution in [0.3, 0.4) is 0 Å². The molecular formula is C15H14BrFN2O. The molecule has 104 valence electrons. The third-order valence-corrected chi connectivity index (χ3v) is 3.47. The summed E-state index contributed by atoms with van der Waals surface area (Å²) < 4.78 is 14.0. The number of pyridine rings is 1. The molecule has 0 fully saturated rings. The summed E-state index contributed by atoms with van der Waals surface area (Å²) in [5, 5.41) is 2.85. The lowest BCUT2D eigenvalue weighted by Crippen LogP contribution is -2.41. The molecule has 0 unspecified atom stereocenters. The number of aromatic nitrogens is 1. The van der Waals surface area contributed by atoms with Crippen LogP contribution in [-0.2, 0) is 5.54 Å². The minimum Gasteiger partial charge on any atom is -0.342 e. The number of hydrogen-bond donors (Lipinski definition) is 1. The fourth-order valence-electron chi connectivity index (χ4n) is 1.82. The Balaban J connectivity index is 2.19. The van der Waals surface area contributed by atoms with Gasteiger partial charge in [-0.15, -0.1) is 0 Å². The molecule has 1 aromatic heterocycles. The highest BCUT2D eigenvalue weighted by atomic mass is 79.9. The first-order chi connectivity index (χ1) is 9.38. The van der Waals surface area contributed by atoms with Crippen LogP contribution in [0.4, 0.5) is 4.39 Å². The van der Waals surface area contributed by atoms with Crippen molar-refractivity contribution in [2.75, 3.05) is 0 Å². The topological polar surface area (TPSA) is 42.0 Å². The summed E-state index contributed by atoms with van der Waals surface area (Å²) in [6, 6.07) is 11.8. The van der Waals surface area contributed by atoms with Crippen LogP contribution in [-0.4, -0.2) is 10.9 Å². The molecule has 1 amide bonds. The second kappa shape index (κ2) is 5.71. The Labute approximate surface area is 125 Å². The van der Waals surface area contributed by atoms with Gasteiger partial charge in [0, 0.05) is 4.47 Å². The summed E-state index contributed by atoms with van der Waals surface area (Å²) in [6.45, 7) is 3.76.